The van der Waals surface area contributed by atoms with E-state index < -0.39 is 0 Å². The molecule has 10 heavy (non-hydrogen) atoms. The molecule has 1 rings (SSSR count). The number of hydrogen-bond acceptors (Lipinski definition) is 2. The van der Waals surface area contributed by atoms with E-state index in [9.17, 15) is 0 Å². The number of thiophene rings is 1. The van der Waals surface area contributed by atoms with Gasteiger partial charge in [-0.05, 0) is 29.9 Å². The van der Waals surface area contributed by atoms with Gasteiger partial charge in [-0.25, -0.2) is 0 Å². The largest absolute Gasteiger partial charge is 0.396 e. The van der Waals surface area contributed by atoms with Crippen molar-refractivity contribution in [3.63, 3.8) is 0 Å². The second-order valence-corrected chi connectivity index (χ2v) is 3.24. The Labute approximate surface area is 65.3 Å². The van der Waals surface area contributed by atoms with Crippen LogP contribution in [-0.4, -0.2) is 11.7 Å². The van der Waals surface area contributed by atoms with Gasteiger partial charge in [0.1, 0.15) is 0 Å². The van der Waals surface area contributed by atoms with Gasteiger partial charge in [0.25, 0.3) is 0 Å². The molecule has 1 aromatic heterocycles. The van der Waals surface area contributed by atoms with Crippen molar-refractivity contribution in [1.29, 1.82) is 0 Å². The summed E-state index contributed by atoms with van der Waals surface area (Å²) < 4.78 is 0. The monoisotopic (exact) mass is 156 g/mol. The first-order valence-electron chi connectivity index (χ1n) is 3.54. The van der Waals surface area contributed by atoms with E-state index in [0.29, 0.717) is 0 Å². The standard InChI is InChI=1S/C8H12OS/c1-2-8-5-7(3-4-9)6-10-8/h5-6,9H,2-4H2,1H3. The molecule has 0 saturated carbocycles. The van der Waals surface area contributed by atoms with E-state index in [0.717, 1.165) is 12.8 Å². The molecule has 1 aromatic rings. The summed E-state index contributed by atoms with van der Waals surface area (Å²) in [6.45, 7) is 2.41. The molecule has 0 aromatic carbocycles. The van der Waals surface area contributed by atoms with Gasteiger partial charge in [0.15, 0.2) is 0 Å². The van der Waals surface area contributed by atoms with Crippen LogP contribution in [0.15, 0.2) is 11.4 Å². The molecule has 0 amide bonds. The summed E-state index contributed by atoms with van der Waals surface area (Å²) in [4.78, 5) is 1.41. The molecule has 1 heterocycles. The summed E-state index contributed by atoms with van der Waals surface area (Å²) in [6.07, 6.45) is 1.91. The number of aryl methyl sites for hydroxylation is 1. The van der Waals surface area contributed by atoms with E-state index in [4.69, 9.17) is 5.11 Å². The van der Waals surface area contributed by atoms with E-state index in [1.54, 1.807) is 11.3 Å². The van der Waals surface area contributed by atoms with Gasteiger partial charge >= 0.3 is 0 Å². The number of hydrogen-bond donors (Lipinski definition) is 1. The molecule has 0 aliphatic carbocycles. The summed E-state index contributed by atoms with van der Waals surface area (Å²) in [5, 5.41) is 10.7. The Bertz CT molecular complexity index is 193. The van der Waals surface area contributed by atoms with Gasteiger partial charge in [0.2, 0.25) is 0 Å². The lowest BCUT2D eigenvalue weighted by Crippen LogP contribution is -1.86. The molecule has 1 nitrogen and oxygen atoms in total. The van der Waals surface area contributed by atoms with Gasteiger partial charge in [-0.3, -0.25) is 0 Å². The minimum absolute atomic E-state index is 0.264. The fourth-order valence-electron chi connectivity index (χ4n) is 0.872. The van der Waals surface area contributed by atoms with Gasteiger partial charge in [-0.1, -0.05) is 6.92 Å². The van der Waals surface area contributed by atoms with Crippen LogP contribution in [0.25, 0.3) is 0 Å². The van der Waals surface area contributed by atoms with E-state index >= 15 is 0 Å². The molecule has 1 N–H and O–H groups in total. The Morgan fingerprint density at radius 1 is 1.60 bits per heavy atom. The highest BCUT2D eigenvalue weighted by molar-refractivity contribution is 7.10. The van der Waals surface area contributed by atoms with E-state index in [-0.39, 0.29) is 6.61 Å². The first kappa shape index (κ1) is 7.76. The van der Waals surface area contributed by atoms with Crippen molar-refractivity contribution in [1.82, 2.24) is 0 Å². The van der Waals surface area contributed by atoms with Crippen molar-refractivity contribution in [2.24, 2.45) is 0 Å². The Kier molecular flexibility index (Phi) is 2.90. The first-order chi connectivity index (χ1) is 4.86. The van der Waals surface area contributed by atoms with Crippen molar-refractivity contribution >= 4 is 11.3 Å². The molecule has 2 heteroatoms. The summed E-state index contributed by atoms with van der Waals surface area (Å²) in [5.74, 6) is 0. The zero-order valence-corrected chi connectivity index (χ0v) is 6.95. The lowest BCUT2D eigenvalue weighted by atomic mass is 10.2. The highest BCUT2D eigenvalue weighted by Crippen LogP contribution is 2.14. The van der Waals surface area contributed by atoms with Gasteiger partial charge in [-0.15, -0.1) is 11.3 Å². The summed E-state index contributed by atoms with van der Waals surface area (Å²) in [6, 6.07) is 2.17. The topological polar surface area (TPSA) is 20.2 Å². The van der Waals surface area contributed by atoms with Crippen LogP contribution < -0.4 is 0 Å². The smallest absolute Gasteiger partial charge is 0.0471 e. The zero-order chi connectivity index (χ0) is 7.40. The van der Waals surface area contributed by atoms with Crippen molar-refractivity contribution < 1.29 is 5.11 Å². The second-order valence-electron chi connectivity index (χ2n) is 2.25. The number of aliphatic hydroxyl groups excluding tert-OH is 1. The Hall–Kier alpha value is -0.340. The Morgan fingerprint density at radius 3 is 2.90 bits per heavy atom. The van der Waals surface area contributed by atoms with Crippen LogP contribution >= 0.6 is 11.3 Å². The van der Waals surface area contributed by atoms with E-state index in [1.165, 1.54) is 10.4 Å². The van der Waals surface area contributed by atoms with Crippen LogP contribution in [0.1, 0.15) is 17.4 Å². The van der Waals surface area contributed by atoms with Gasteiger partial charge in [0.05, 0.1) is 0 Å². The molecule has 0 atom stereocenters. The quantitative estimate of drug-likeness (QED) is 0.708. The van der Waals surface area contributed by atoms with Crippen LogP contribution in [0.4, 0.5) is 0 Å². The maximum atomic E-state index is 8.61. The van der Waals surface area contributed by atoms with E-state index in [2.05, 4.69) is 18.4 Å². The fourth-order valence-corrected chi connectivity index (χ4v) is 1.75. The van der Waals surface area contributed by atoms with Crippen LogP contribution in [0.2, 0.25) is 0 Å². The molecule has 0 fully saturated rings. The van der Waals surface area contributed by atoms with E-state index in [1.807, 2.05) is 0 Å². The van der Waals surface area contributed by atoms with Crippen molar-refractivity contribution in [3.05, 3.63) is 21.9 Å². The van der Waals surface area contributed by atoms with Crippen LogP contribution in [0.5, 0.6) is 0 Å². The third kappa shape index (κ3) is 1.82. The SMILES string of the molecule is CCc1cc(CCO)cs1. The Balaban J connectivity index is 2.59. The van der Waals surface area contributed by atoms with Gasteiger partial charge in [0, 0.05) is 11.5 Å². The molecule has 0 unspecified atom stereocenters. The molecule has 0 saturated heterocycles. The predicted molar refractivity (Wildman–Crippen MR) is 44.5 cm³/mol. The second kappa shape index (κ2) is 3.74. The molecular weight excluding hydrogens is 144 g/mol. The summed E-state index contributed by atoms with van der Waals surface area (Å²) in [5.41, 5.74) is 1.27. The summed E-state index contributed by atoms with van der Waals surface area (Å²) >= 11 is 1.78. The molecular formula is C8H12OS. The van der Waals surface area contributed by atoms with Gasteiger partial charge < -0.3 is 5.11 Å². The molecule has 56 valence electrons. The normalized spacial score (nSPS) is 10.2. The lowest BCUT2D eigenvalue weighted by molar-refractivity contribution is 0.300. The zero-order valence-electron chi connectivity index (χ0n) is 6.13. The number of rotatable bonds is 3. The van der Waals surface area contributed by atoms with Crippen molar-refractivity contribution in [2.75, 3.05) is 6.61 Å². The molecule has 0 bridgehead atoms. The average Bonchev–Trinajstić information content (AvgIpc) is 2.37. The highest BCUT2D eigenvalue weighted by atomic mass is 32.1. The highest BCUT2D eigenvalue weighted by Gasteiger charge is 1.95. The number of aliphatic hydroxyl groups is 1. The minimum Gasteiger partial charge on any atom is -0.396 e. The average molecular weight is 156 g/mol. The molecule has 0 spiro atoms. The summed E-state index contributed by atoms with van der Waals surface area (Å²) in [7, 11) is 0. The maximum absolute atomic E-state index is 8.61. The van der Waals surface area contributed by atoms with Crippen molar-refractivity contribution in [2.45, 2.75) is 19.8 Å². The Morgan fingerprint density at radius 2 is 2.40 bits per heavy atom. The van der Waals surface area contributed by atoms with Crippen LogP contribution in [0, 0.1) is 0 Å². The fraction of sp³-hybridized carbons (Fsp3) is 0.500. The first-order valence-corrected chi connectivity index (χ1v) is 4.42. The van der Waals surface area contributed by atoms with Crippen LogP contribution in [0.3, 0.4) is 0 Å². The van der Waals surface area contributed by atoms with Gasteiger partial charge in [-0.2, -0.15) is 0 Å². The third-order valence-electron chi connectivity index (χ3n) is 1.46. The predicted octanol–water partition coefficient (Wildman–Crippen LogP) is 1.85. The van der Waals surface area contributed by atoms with Crippen molar-refractivity contribution in [3.8, 4) is 0 Å². The maximum Gasteiger partial charge on any atom is 0.0471 e. The molecule has 0 aliphatic heterocycles. The lowest BCUT2D eigenvalue weighted by Gasteiger charge is -1.87. The molecule has 0 aliphatic rings. The minimum atomic E-state index is 0.264. The van der Waals surface area contributed by atoms with Crippen LogP contribution in [-0.2, 0) is 12.8 Å². The molecule has 0 radical (unpaired) electrons. The third-order valence-corrected chi connectivity index (χ3v) is 2.59.